The zero-order chi connectivity index (χ0) is 17.6. The van der Waals surface area contributed by atoms with Gasteiger partial charge in [-0.15, -0.1) is 0 Å². The Balaban J connectivity index is 1.61. The maximum atomic E-state index is 12.6. The van der Waals surface area contributed by atoms with Gasteiger partial charge in [0.25, 0.3) is 0 Å². The fourth-order valence-electron chi connectivity index (χ4n) is 3.01. The molecule has 1 saturated heterocycles. The van der Waals surface area contributed by atoms with Crippen LogP contribution in [-0.2, 0) is 0 Å². The van der Waals surface area contributed by atoms with E-state index in [2.05, 4.69) is 10.4 Å². The Morgan fingerprint density at radius 1 is 1.48 bits per heavy atom. The Morgan fingerprint density at radius 3 is 3.12 bits per heavy atom. The predicted molar refractivity (Wildman–Crippen MR) is 93.7 cm³/mol. The number of likely N-dealkylation sites (tertiary alicyclic amines) is 1. The quantitative estimate of drug-likeness (QED) is 0.902. The average Bonchev–Trinajstić information content (AvgIpc) is 3.07. The molecule has 0 aliphatic carbocycles. The molecule has 6 nitrogen and oxygen atoms in total. The Hall–Kier alpha value is -2.57. The Labute approximate surface area is 146 Å². The van der Waals surface area contributed by atoms with Crippen LogP contribution in [0.25, 0.3) is 0 Å². The number of amides is 2. The van der Waals surface area contributed by atoms with Gasteiger partial charge in [-0.25, -0.2) is 9.18 Å². The lowest BCUT2D eigenvalue weighted by molar-refractivity contribution is 0.175. The van der Waals surface area contributed by atoms with E-state index in [1.165, 1.54) is 0 Å². The highest BCUT2D eigenvalue weighted by Gasteiger charge is 2.25. The van der Waals surface area contributed by atoms with E-state index in [0.717, 1.165) is 24.9 Å². The summed E-state index contributed by atoms with van der Waals surface area (Å²) in [7, 11) is 0. The van der Waals surface area contributed by atoms with Crippen LogP contribution >= 0.6 is 0 Å². The zero-order valence-electron chi connectivity index (χ0n) is 14.3. The summed E-state index contributed by atoms with van der Waals surface area (Å²) in [6.45, 7) is 2.83. The predicted octanol–water partition coefficient (Wildman–Crippen LogP) is 3.41. The molecule has 1 fully saturated rings. The van der Waals surface area contributed by atoms with Gasteiger partial charge in [0, 0.05) is 31.0 Å². The number of aromatic nitrogens is 2. The van der Waals surface area contributed by atoms with Crippen LogP contribution in [0.15, 0.2) is 36.7 Å². The Morgan fingerprint density at radius 2 is 2.36 bits per heavy atom. The van der Waals surface area contributed by atoms with Crippen LogP contribution in [0, 0.1) is 6.92 Å². The summed E-state index contributed by atoms with van der Waals surface area (Å²) in [6.07, 6.45) is 5.80. The van der Waals surface area contributed by atoms with Crippen molar-refractivity contribution in [1.29, 1.82) is 0 Å². The van der Waals surface area contributed by atoms with Crippen LogP contribution in [0.2, 0.25) is 0 Å². The van der Waals surface area contributed by atoms with Crippen molar-refractivity contribution in [2.24, 2.45) is 0 Å². The molecule has 0 bridgehead atoms. The number of urea groups is 1. The number of hydrogen-bond donors (Lipinski definition) is 1. The maximum Gasteiger partial charge on any atom is 0.321 e. The van der Waals surface area contributed by atoms with E-state index in [-0.39, 0.29) is 18.7 Å². The minimum Gasteiger partial charge on any atom is -0.491 e. The molecule has 2 aromatic rings. The number of ether oxygens (including phenoxy) is 1. The van der Waals surface area contributed by atoms with Gasteiger partial charge in [-0.2, -0.15) is 5.10 Å². The maximum absolute atomic E-state index is 12.6. The Kier molecular flexibility index (Phi) is 5.53. The van der Waals surface area contributed by atoms with Gasteiger partial charge in [0.15, 0.2) is 0 Å². The molecule has 0 unspecified atom stereocenters. The second kappa shape index (κ2) is 8.00. The average molecular weight is 346 g/mol. The minimum absolute atomic E-state index is 0.00842. The van der Waals surface area contributed by atoms with Crippen LogP contribution in [0.3, 0.4) is 0 Å². The number of hydrogen-bond acceptors (Lipinski definition) is 3. The van der Waals surface area contributed by atoms with Gasteiger partial charge in [0.1, 0.15) is 19.0 Å². The number of carbonyl (C=O) groups is 1. The second-order valence-electron chi connectivity index (χ2n) is 6.24. The molecule has 0 saturated carbocycles. The van der Waals surface area contributed by atoms with E-state index in [0.29, 0.717) is 18.0 Å². The third kappa shape index (κ3) is 4.49. The fraction of sp³-hybridized carbons (Fsp3) is 0.444. The highest BCUT2D eigenvalue weighted by atomic mass is 19.1. The van der Waals surface area contributed by atoms with Crippen LogP contribution in [0.5, 0.6) is 5.75 Å². The standard InChI is InChI=1S/C18H23FN4O2/c1-14-11-20-23(12-14)16-5-3-8-22(13-16)18(24)21-15-4-2-6-17(10-15)25-9-7-19/h2,4,6,10-12,16H,3,5,7-9,13H2,1H3,(H,21,24)/t16-/m0/s1. The van der Waals surface area contributed by atoms with Crippen LogP contribution in [-0.4, -0.2) is 47.1 Å². The summed E-state index contributed by atoms with van der Waals surface area (Å²) < 4.78 is 19.4. The van der Waals surface area contributed by atoms with Crippen molar-refractivity contribution in [3.8, 4) is 5.75 Å². The van der Waals surface area contributed by atoms with Gasteiger partial charge in [-0.1, -0.05) is 6.07 Å². The molecule has 1 aliphatic rings. The van der Waals surface area contributed by atoms with Crippen molar-refractivity contribution in [1.82, 2.24) is 14.7 Å². The molecule has 1 N–H and O–H groups in total. The van der Waals surface area contributed by atoms with Gasteiger partial charge in [0.05, 0.1) is 12.2 Å². The normalized spacial score (nSPS) is 17.4. The summed E-state index contributed by atoms with van der Waals surface area (Å²) in [6, 6.07) is 7.06. The number of piperidine rings is 1. The lowest BCUT2D eigenvalue weighted by atomic mass is 10.1. The molecule has 0 radical (unpaired) electrons. The van der Waals surface area contributed by atoms with Crippen molar-refractivity contribution in [2.75, 3.05) is 31.7 Å². The molecular weight excluding hydrogens is 323 g/mol. The largest absolute Gasteiger partial charge is 0.491 e. The molecule has 2 heterocycles. The van der Waals surface area contributed by atoms with Gasteiger partial charge in [-0.3, -0.25) is 4.68 Å². The topological polar surface area (TPSA) is 59.4 Å². The van der Waals surface area contributed by atoms with Crippen molar-refractivity contribution in [3.05, 3.63) is 42.2 Å². The van der Waals surface area contributed by atoms with E-state index < -0.39 is 6.67 Å². The monoisotopic (exact) mass is 346 g/mol. The van der Waals surface area contributed by atoms with Crippen molar-refractivity contribution in [2.45, 2.75) is 25.8 Å². The first-order valence-electron chi connectivity index (χ1n) is 8.51. The Bertz CT molecular complexity index is 719. The van der Waals surface area contributed by atoms with Crippen molar-refractivity contribution in [3.63, 3.8) is 0 Å². The molecular formula is C18H23FN4O2. The first-order valence-corrected chi connectivity index (χ1v) is 8.51. The van der Waals surface area contributed by atoms with Crippen molar-refractivity contribution < 1.29 is 13.9 Å². The molecule has 1 aromatic carbocycles. The van der Waals surface area contributed by atoms with Gasteiger partial charge < -0.3 is 15.0 Å². The SMILES string of the molecule is Cc1cnn([C@H]2CCCN(C(=O)Nc3cccc(OCCF)c3)C2)c1. The molecule has 7 heteroatoms. The number of benzene rings is 1. The summed E-state index contributed by atoms with van der Waals surface area (Å²) >= 11 is 0. The number of halogens is 1. The minimum atomic E-state index is -0.543. The zero-order valence-corrected chi connectivity index (χ0v) is 14.3. The van der Waals surface area contributed by atoms with Crippen LogP contribution in [0.4, 0.5) is 14.9 Å². The van der Waals surface area contributed by atoms with Crippen LogP contribution in [0.1, 0.15) is 24.4 Å². The highest BCUT2D eigenvalue weighted by molar-refractivity contribution is 5.89. The molecule has 134 valence electrons. The highest BCUT2D eigenvalue weighted by Crippen LogP contribution is 2.23. The number of alkyl halides is 1. The molecule has 25 heavy (non-hydrogen) atoms. The molecule has 3 rings (SSSR count). The third-order valence-corrected chi connectivity index (χ3v) is 4.22. The van der Waals surface area contributed by atoms with Gasteiger partial charge >= 0.3 is 6.03 Å². The summed E-state index contributed by atoms with van der Waals surface area (Å²) in [5, 5.41) is 7.26. The summed E-state index contributed by atoms with van der Waals surface area (Å²) in [5.74, 6) is 0.541. The first-order chi connectivity index (χ1) is 12.2. The van der Waals surface area contributed by atoms with E-state index in [1.54, 1.807) is 29.2 Å². The fourth-order valence-corrected chi connectivity index (χ4v) is 3.01. The number of nitrogens with one attached hydrogen (secondary N) is 1. The molecule has 1 aromatic heterocycles. The number of rotatable bonds is 5. The summed E-state index contributed by atoms with van der Waals surface area (Å²) in [4.78, 5) is 14.4. The van der Waals surface area contributed by atoms with Gasteiger partial charge in [0.2, 0.25) is 0 Å². The lowest BCUT2D eigenvalue weighted by Gasteiger charge is -2.32. The van der Waals surface area contributed by atoms with E-state index in [4.69, 9.17) is 4.74 Å². The van der Waals surface area contributed by atoms with Gasteiger partial charge in [-0.05, 0) is 37.5 Å². The number of carbonyl (C=O) groups excluding carboxylic acids is 1. The lowest BCUT2D eigenvalue weighted by Crippen LogP contribution is -2.43. The molecule has 1 aliphatic heterocycles. The van der Waals surface area contributed by atoms with E-state index in [1.807, 2.05) is 24.0 Å². The summed E-state index contributed by atoms with van der Waals surface area (Å²) in [5.41, 5.74) is 1.75. The molecule has 2 amide bonds. The van der Waals surface area contributed by atoms with Crippen molar-refractivity contribution >= 4 is 11.7 Å². The second-order valence-corrected chi connectivity index (χ2v) is 6.24. The number of anilines is 1. The smallest absolute Gasteiger partial charge is 0.321 e. The van der Waals surface area contributed by atoms with Crippen LogP contribution < -0.4 is 10.1 Å². The molecule has 0 spiro atoms. The third-order valence-electron chi connectivity index (χ3n) is 4.22. The molecule has 1 atom stereocenters. The van der Waals surface area contributed by atoms with E-state index >= 15 is 0 Å². The van der Waals surface area contributed by atoms with E-state index in [9.17, 15) is 9.18 Å². The number of nitrogens with zero attached hydrogens (tertiary/aromatic N) is 3. The number of aryl methyl sites for hydroxylation is 1. The first kappa shape index (κ1) is 17.3.